The molecule has 19 heavy (non-hydrogen) atoms. The van der Waals surface area contributed by atoms with Gasteiger partial charge in [-0.05, 0) is 24.6 Å². The van der Waals surface area contributed by atoms with Crippen molar-refractivity contribution in [2.24, 2.45) is 0 Å². The number of likely N-dealkylation sites (N-methyl/N-ethyl adjacent to an activating group) is 1. The van der Waals surface area contributed by atoms with Crippen molar-refractivity contribution in [3.05, 3.63) is 36.4 Å². The van der Waals surface area contributed by atoms with Crippen LogP contribution in [0, 0.1) is 0 Å². The number of hydrogen-bond acceptors (Lipinski definition) is 3. The maximum atomic E-state index is 11.7. The average Bonchev–Trinajstić information content (AvgIpc) is 2.63. The minimum absolute atomic E-state index is 0.421. The molecule has 0 bridgehead atoms. The summed E-state index contributed by atoms with van der Waals surface area (Å²) in [7, 11) is 1.63. The van der Waals surface area contributed by atoms with Crippen molar-refractivity contribution in [3.8, 4) is 0 Å². The molecule has 4 heteroatoms. The van der Waals surface area contributed by atoms with Crippen molar-refractivity contribution in [3.63, 3.8) is 0 Å². The van der Waals surface area contributed by atoms with Crippen LogP contribution in [0.4, 0.5) is 11.4 Å². The number of fused-ring (bicyclic) bond motifs is 1. The van der Waals surface area contributed by atoms with Crippen LogP contribution in [0.15, 0.2) is 30.9 Å². The molecule has 0 atom stereocenters. The van der Waals surface area contributed by atoms with Gasteiger partial charge in [0.05, 0.1) is 11.3 Å². The molecule has 1 amide bonds. The van der Waals surface area contributed by atoms with Gasteiger partial charge in [0.2, 0.25) is 0 Å². The molecule has 1 aliphatic heterocycles. The topological polar surface area (TPSA) is 40.6 Å². The highest BCUT2D eigenvalue weighted by Gasteiger charge is 2.33. The van der Waals surface area contributed by atoms with Crippen LogP contribution in [0.2, 0.25) is 0 Å². The van der Waals surface area contributed by atoms with Gasteiger partial charge in [0.15, 0.2) is 0 Å². The molecule has 4 nitrogen and oxygen atoms in total. The molecule has 2 rings (SSSR count). The molecule has 0 N–H and O–H groups in total. The van der Waals surface area contributed by atoms with Crippen LogP contribution in [-0.2, 0) is 4.79 Å². The number of carbonyl (C=O) groups excluding carboxylic acids is 2. The minimum Gasteiger partial charge on any atom is -0.368 e. The van der Waals surface area contributed by atoms with Gasteiger partial charge in [0, 0.05) is 25.8 Å². The summed E-state index contributed by atoms with van der Waals surface area (Å²) in [5.41, 5.74) is 2.19. The van der Waals surface area contributed by atoms with E-state index in [1.54, 1.807) is 13.1 Å². The van der Waals surface area contributed by atoms with Crippen molar-refractivity contribution in [1.82, 2.24) is 0 Å². The fraction of sp³-hybridized carbons (Fsp3) is 0.333. The number of hydrogen-bond donors (Lipinski definition) is 0. The first-order valence-electron chi connectivity index (χ1n) is 6.42. The molecule has 1 aliphatic rings. The van der Waals surface area contributed by atoms with E-state index in [2.05, 4.69) is 18.4 Å². The second-order valence-electron chi connectivity index (χ2n) is 4.63. The van der Waals surface area contributed by atoms with Gasteiger partial charge >= 0.3 is 0 Å². The highest BCUT2D eigenvalue weighted by Crippen LogP contribution is 2.31. The first-order chi connectivity index (χ1) is 9.10. The van der Waals surface area contributed by atoms with Crippen LogP contribution in [0.25, 0.3) is 0 Å². The van der Waals surface area contributed by atoms with Gasteiger partial charge in [0.1, 0.15) is 0 Å². The smallest absolute Gasteiger partial charge is 0.299 e. The van der Waals surface area contributed by atoms with Gasteiger partial charge < -0.3 is 9.80 Å². The SMILES string of the molecule is C=CCN(CCC)c1ccc2c(c1)N(C)C(=O)C2=O. The predicted molar refractivity (Wildman–Crippen MR) is 76.9 cm³/mol. The molecule has 0 fully saturated rings. The number of Topliss-reactive ketones (excluding diaryl/α,β-unsaturated/α-hetero) is 1. The highest BCUT2D eigenvalue weighted by molar-refractivity contribution is 6.52. The van der Waals surface area contributed by atoms with E-state index in [9.17, 15) is 9.59 Å². The molecule has 0 radical (unpaired) electrons. The predicted octanol–water partition coefficient (Wildman–Crippen LogP) is 2.25. The molecule has 1 heterocycles. The minimum atomic E-state index is -0.460. The monoisotopic (exact) mass is 258 g/mol. The zero-order valence-corrected chi connectivity index (χ0v) is 11.3. The van der Waals surface area contributed by atoms with Crippen molar-refractivity contribution in [1.29, 1.82) is 0 Å². The summed E-state index contributed by atoms with van der Waals surface area (Å²) >= 11 is 0. The lowest BCUT2D eigenvalue weighted by Crippen LogP contribution is -2.25. The van der Waals surface area contributed by atoms with Crippen LogP contribution >= 0.6 is 0 Å². The van der Waals surface area contributed by atoms with Crippen LogP contribution in [-0.4, -0.2) is 31.8 Å². The number of nitrogens with zero attached hydrogens (tertiary/aromatic N) is 2. The van der Waals surface area contributed by atoms with Crippen molar-refractivity contribution >= 4 is 23.1 Å². The molecule has 0 aromatic heterocycles. The third-order valence-corrected chi connectivity index (χ3v) is 3.29. The highest BCUT2D eigenvalue weighted by atomic mass is 16.2. The summed E-state index contributed by atoms with van der Waals surface area (Å²) in [5, 5.41) is 0. The largest absolute Gasteiger partial charge is 0.368 e. The Morgan fingerprint density at radius 2 is 2.11 bits per heavy atom. The number of carbonyl (C=O) groups is 2. The lowest BCUT2D eigenvalue weighted by Gasteiger charge is -2.23. The van der Waals surface area contributed by atoms with E-state index in [0.29, 0.717) is 11.3 Å². The number of rotatable bonds is 5. The number of anilines is 2. The summed E-state index contributed by atoms with van der Waals surface area (Å²) in [6.45, 7) is 7.53. The summed E-state index contributed by atoms with van der Waals surface area (Å²) in [6.07, 6.45) is 2.88. The van der Waals surface area contributed by atoms with Crippen LogP contribution in [0.5, 0.6) is 0 Å². The zero-order chi connectivity index (χ0) is 14.0. The second kappa shape index (κ2) is 5.26. The van der Waals surface area contributed by atoms with E-state index in [0.717, 1.165) is 25.2 Å². The normalized spacial score (nSPS) is 13.7. The molecular formula is C15H18N2O2. The molecule has 100 valence electrons. The molecule has 0 unspecified atom stereocenters. The number of ketones is 1. The lowest BCUT2D eigenvalue weighted by atomic mass is 10.1. The van der Waals surface area contributed by atoms with Gasteiger partial charge in [-0.15, -0.1) is 6.58 Å². The van der Waals surface area contributed by atoms with Gasteiger partial charge in [0.25, 0.3) is 11.7 Å². The Morgan fingerprint density at radius 1 is 1.37 bits per heavy atom. The maximum Gasteiger partial charge on any atom is 0.299 e. The van der Waals surface area contributed by atoms with Crippen molar-refractivity contribution in [2.45, 2.75) is 13.3 Å². The van der Waals surface area contributed by atoms with Gasteiger partial charge in [-0.3, -0.25) is 9.59 Å². The van der Waals surface area contributed by atoms with E-state index >= 15 is 0 Å². The Kier molecular flexibility index (Phi) is 3.69. The lowest BCUT2D eigenvalue weighted by molar-refractivity contribution is -0.114. The standard InChI is InChI=1S/C15H18N2O2/c1-4-8-17(9-5-2)11-6-7-12-13(10-11)16(3)15(19)14(12)18/h4,6-7,10H,1,5,8-9H2,2-3H3. The van der Waals surface area contributed by atoms with Gasteiger partial charge in [-0.25, -0.2) is 0 Å². The van der Waals surface area contributed by atoms with E-state index in [4.69, 9.17) is 0 Å². The molecule has 0 aliphatic carbocycles. The summed E-state index contributed by atoms with van der Waals surface area (Å²) < 4.78 is 0. The third-order valence-electron chi connectivity index (χ3n) is 3.29. The summed E-state index contributed by atoms with van der Waals surface area (Å²) in [4.78, 5) is 27.0. The van der Waals surface area contributed by atoms with Crippen LogP contribution < -0.4 is 9.80 Å². The van der Waals surface area contributed by atoms with Gasteiger partial charge in [-0.1, -0.05) is 13.0 Å². The zero-order valence-electron chi connectivity index (χ0n) is 11.3. The first-order valence-corrected chi connectivity index (χ1v) is 6.42. The van der Waals surface area contributed by atoms with E-state index < -0.39 is 11.7 Å². The molecule has 0 spiro atoms. The molecule has 0 saturated heterocycles. The Balaban J connectivity index is 2.38. The Labute approximate surface area is 113 Å². The third kappa shape index (κ3) is 2.26. The van der Waals surface area contributed by atoms with E-state index in [-0.39, 0.29) is 0 Å². The molecule has 1 aromatic rings. The molecule has 1 aromatic carbocycles. The Morgan fingerprint density at radius 3 is 2.74 bits per heavy atom. The molecular weight excluding hydrogens is 240 g/mol. The van der Waals surface area contributed by atoms with E-state index in [1.807, 2.05) is 18.2 Å². The number of amides is 1. The van der Waals surface area contributed by atoms with Gasteiger partial charge in [-0.2, -0.15) is 0 Å². The second-order valence-corrected chi connectivity index (χ2v) is 4.63. The fourth-order valence-corrected chi connectivity index (χ4v) is 2.31. The summed E-state index contributed by atoms with van der Waals surface area (Å²) in [6, 6.07) is 5.53. The molecule has 0 saturated carbocycles. The quantitative estimate of drug-likeness (QED) is 0.601. The Bertz CT molecular complexity index is 537. The van der Waals surface area contributed by atoms with Crippen LogP contribution in [0.3, 0.4) is 0 Å². The maximum absolute atomic E-state index is 11.7. The van der Waals surface area contributed by atoms with Crippen molar-refractivity contribution < 1.29 is 9.59 Å². The van der Waals surface area contributed by atoms with Crippen LogP contribution in [0.1, 0.15) is 23.7 Å². The first kappa shape index (κ1) is 13.3. The average molecular weight is 258 g/mol. The van der Waals surface area contributed by atoms with Crippen molar-refractivity contribution in [2.75, 3.05) is 29.9 Å². The van der Waals surface area contributed by atoms with E-state index in [1.165, 1.54) is 4.90 Å². The number of benzene rings is 1. The summed E-state index contributed by atoms with van der Waals surface area (Å²) in [5.74, 6) is -0.882. The Hall–Kier alpha value is -2.10. The fourth-order valence-electron chi connectivity index (χ4n) is 2.31.